The van der Waals surface area contributed by atoms with Crippen LogP contribution in [0.25, 0.3) is 16.6 Å². The molecule has 23 heavy (non-hydrogen) atoms. The van der Waals surface area contributed by atoms with E-state index in [1.54, 1.807) is 11.3 Å². The van der Waals surface area contributed by atoms with Gasteiger partial charge < -0.3 is 14.6 Å². The Hall–Kier alpha value is -2.27. The normalized spacial score (nSPS) is 16.1. The smallest absolute Gasteiger partial charge is 0.407 e. The van der Waals surface area contributed by atoms with Crippen molar-refractivity contribution in [2.45, 2.75) is 18.8 Å². The summed E-state index contributed by atoms with van der Waals surface area (Å²) in [6.07, 6.45) is 3.10. The van der Waals surface area contributed by atoms with E-state index in [4.69, 9.17) is 5.11 Å². The van der Waals surface area contributed by atoms with Crippen LogP contribution in [0.3, 0.4) is 0 Å². The van der Waals surface area contributed by atoms with Crippen LogP contribution in [0.15, 0.2) is 47.3 Å². The van der Waals surface area contributed by atoms with E-state index in [1.165, 1.54) is 27.1 Å². The molecule has 1 saturated heterocycles. The zero-order chi connectivity index (χ0) is 15.8. The molecule has 1 amide bonds. The van der Waals surface area contributed by atoms with Crippen molar-refractivity contribution in [3.05, 3.63) is 52.9 Å². The molecule has 0 unspecified atom stereocenters. The van der Waals surface area contributed by atoms with Gasteiger partial charge in [-0.05, 0) is 41.8 Å². The number of likely N-dealkylation sites (tertiary alicyclic amines) is 1. The number of benzene rings is 1. The summed E-state index contributed by atoms with van der Waals surface area (Å²) in [5, 5.41) is 14.6. The number of carboxylic acid groups (broad SMARTS) is 1. The standard InChI is InChI=1S/C18H18N2O2S/c21-18(22)19-8-4-13(5-9-19)16-3-1-2-14-6-10-20(17(14)16)15-7-11-23-12-15/h1-3,6-7,10-13H,4-5,8-9H2,(H,21,22). The van der Waals surface area contributed by atoms with Crippen LogP contribution in [0.4, 0.5) is 4.79 Å². The predicted octanol–water partition coefficient (Wildman–Crippen LogP) is 4.55. The van der Waals surface area contributed by atoms with Crippen molar-refractivity contribution < 1.29 is 9.90 Å². The van der Waals surface area contributed by atoms with Gasteiger partial charge in [-0.2, -0.15) is 11.3 Å². The zero-order valence-electron chi connectivity index (χ0n) is 12.7. The molecule has 1 aromatic carbocycles. The van der Waals surface area contributed by atoms with E-state index in [1.807, 2.05) is 0 Å². The van der Waals surface area contributed by atoms with E-state index in [0.29, 0.717) is 19.0 Å². The van der Waals surface area contributed by atoms with Crippen molar-refractivity contribution in [2.75, 3.05) is 13.1 Å². The van der Waals surface area contributed by atoms with E-state index in [2.05, 4.69) is 51.9 Å². The molecule has 0 spiro atoms. The number of thiophene rings is 1. The molecular formula is C18H18N2O2S. The summed E-state index contributed by atoms with van der Waals surface area (Å²) >= 11 is 1.70. The lowest BCUT2D eigenvalue weighted by atomic mass is 9.88. The summed E-state index contributed by atoms with van der Waals surface area (Å²) in [6.45, 7) is 1.24. The van der Waals surface area contributed by atoms with E-state index in [-0.39, 0.29) is 0 Å². The third-order valence-corrected chi connectivity index (χ3v) is 5.40. The first kappa shape index (κ1) is 14.3. The van der Waals surface area contributed by atoms with Crippen molar-refractivity contribution in [1.82, 2.24) is 9.47 Å². The fraction of sp³-hybridized carbons (Fsp3) is 0.278. The van der Waals surface area contributed by atoms with Crippen LogP contribution in [0.2, 0.25) is 0 Å². The van der Waals surface area contributed by atoms with Crippen molar-refractivity contribution in [3.63, 3.8) is 0 Å². The summed E-state index contributed by atoms with van der Waals surface area (Å²) in [7, 11) is 0. The first-order valence-electron chi connectivity index (χ1n) is 7.84. The largest absolute Gasteiger partial charge is 0.465 e. The maximum atomic E-state index is 11.1. The minimum Gasteiger partial charge on any atom is -0.465 e. The first-order chi connectivity index (χ1) is 11.2. The molecular weight excluding hydrogens is 308 g/mol. The predicted molar refractivity (Wildman–Crippen MR) is 92.7 cm³/mol. The molecule has 0 aliphatic carbocycles. The number of para-hydroxylation sites is 1. The van der Waals surface area contributed by atoms with Gasteiger partial charge in [-0.3, -0.25) is 0 Å². The number of piperidine rings is 1. The van der Waals surface area contributed by atoms with Gasteiger partial charge in [-0.25, -0.2) is 4.79 Å². The highest BCUT2D eigenvalue weighted by molar-refractivity contribution is 7.08. The second-order valence-electron chi connectivity index (χ2n) is 6.00. The molecule has 1 N–H and O–H groups in total. The molecule has 3 heterocycles. The lowest BCUT2D eigenvalue weighted by Gasteiger charge is -2.30. The highest BCUT2D eigenvalue weighted by Crippen LogP contribution is 2.35. The second kappa shape index (κ2) is 5.74. The SMILES string of the molecule is O=C(O)N1CCC(c2cccc3ccn(-c4ccsc4)c23)CC1. The Balaban J connectivity index is 1.73. The Morgan fingerprint density at radius 1 is 1.17 bits per heavy atom. The highest BCUT2D eigenvalue weighted by atomic mass is 32.1. The van der Waals surface area contributed by atoms with Gasteiger partial charge in [-0.1, -0.05) is 18.2 Å². The lowest BCUT2D eigenvalue weighted by Crippen LogP contribution is -2.36. The molecule has 3 aromatic rings. The van der Waals surface area contributed by atoms with Crippen molar-refractivity contribution in [1.29, 1.82) is 0 Å². The zero-order valence-corrected chi connectivity index (χ0v) is 13.5. The Morgan fingerprint density at radius 2 is 2.00 bits per heavy atom. The maximum Gasteiger partial charge on any atom is 0.407 e. The number of carbonyl (C=O) groups is 1. The molecule has 1 fully saturated rings. The number of hydrogen-bond acceptors (Lipinski definition) is 2. The number of rotatable bonds is 2. The Kier molecular flexibility index (Phi) is 3.58. The van der Waals surface area contributed by atoms with E-state index >= 15 is 0 Å². The third kappa shape index (κ3) is 2.51. The average Bonchev–Trinajstić information content (AvgIpc) is 3.23. The summed E-state index contributed by atoms with van der Waals surface area (Å²) < 4.78 is 2.25. The maximum absolute atomic E-state index is 11.1. The van der Waals surface area contributed by atoms with Gasteiger partial charge in [0.2, 0.25) is 0 Å². The Morgan fingerprint density at radius 3 is 2.70 bits per heavy atom. The van der Waals surface area contributed by atoms with Crippen LogP contribution >= 0.6 is 11.3 Å². The van der Waals surface area contributed by atoms with Crippen molar-refractivity contribution in [2.24, 2.45) is 0 Å². The molecule has 0 bridgehead atoms. The average molecular weight is 326 g/mol. The molecule has 118 valence electrons. The highest BCUT2D eigenvalue weighted by Gasteiger charge is 2.25. The number of hydrogen-bond donors (Lipinski definition) is 1. The lowest BCUT2D eigenvalue weighted by molar-refractivity contribution is 0.132. The van der Waals surface area contributed by atoms with Gasteiger partial charge >= 0.3 is 6.09 Å². The van der Waals surface area contributed by atoms with Gasteiger partial charge in [0.15, 0.2) is 0 Å². The Labute approximate surface area is 138 Å². The van der Waals surface area contributed by atoms with Gasteiger partial charge in [0.1, 0.15) is 0 Å². The molecule has 0 atom stereocenters. The second-order valence-corrected chi connectivity index (χ2v) is 6.78. The van der Waals surface area contributed by atoms with E-state index in [0.717, 1.165) is 12.8 Å². The third-order valence-electron chi connectivity index (χ3n) is 4.73. The number of amides is 1. The van der Waals surface area contributed by atoms with Crippen molar-refractivity contribution >= 4 is 28.3 Å². The molecule has 0 saturated carbocycles. The number of nitrogens with zero attached hydrogens (tertiary/aromatic N) is 2. The molecule has 1 aliphatic heterocycles. The molecule has 5 heteroatoms. The van der Waals surface area contributed by atoms with Crippen LogP contribution in [0.5, 0.6) is 0 Å². The fourth-order valence-corrected chi connectivity index (χ4v) is 4.17. The van der Waals surface area contributed by atoms with Gasteiger partial charge in [-0.15, -0.1) is 0 Å². The molecule has 4 rings (SSSR count). The monoisotopic (exact) mass is 326 g/mol. The molecule has 2 aromatic heterocycles. The van der Waals surface area contributed by atoms with E-state index in [9.17, 15) is 4.79 Å². The summed E-state index contributed by atoms with van der Waals surface area (Å²) in [5.74, 6) is 0.418. The summed E-state index contributed by atoms with van der Waals surface area (Å²) in [4.78, 5) is 12.6. The quantitative estimate of drug-likeness (QED) is 0.751. The van der Waals surface area contributed by atoms with Crippen LogP contribution < -0.4 is 0 Å². The van der Waals surface area contributed by atoms with Crippen LogP contribution in [-0.2, 0) is 0 Å². The minimum atomic E-state index is -0.802. The van der Waals surface area contributed by atoms with Crippen LogP contribution in [0.1, 0.15) is 24.3 Å². The minimum absolute atomic E-state index is 0.418. The molecule has 1 aliphatic rings. The van der Waals surface area contributed by atoms with Crippen molar-refractivity contribution in [3.8, 4) is 5.69 Å². The van der Waals surface area contributed by atoms with Gasteiger partial charge in [0.25, 0.3) is 0 Å². The topological polar surface area (TPSA) is 45.5 Å². The summed E-state index contributed by atoms with van der Waals surface area (Å²) in [5.41, 5.74) is 3.80. The van der Waals surface area contributed by atoms with Gasteiger partial charge in [0, 0.05) is 30.1 Å². The Bertz CT molecular complexity index is 830. The molecule has 4 nitrogen and oxygen atoms in total. The van der Waals surface area contributed by atoms with Crippen LogP contribution in [0, 0.1) is 0 Å². The fourth-order valence-electron chi connectivity index (χ4n) is 3.54. The number of aromatic nitrogens is 1. The first-order valence-corrected chi connectivity index (χ1v) is 8.79. The van der Waals surface area contributed by atoms with Crippen LogP contribution in [-0.4, -0.2) is 33.8 Å². The van der Waals surface area contributed by atoms with Gasteiger partial charge in [0.05, 0.1) is 11.2 Å². The number of fused-ring (bicyclic) bond motifs is 1. The summed E-state index contributed by atoms with van der Waals surface area (Å²) in [6, 6.07) is 10.7. The van der Waals surface area contributed by atoms with E-state index < -0.39 is 6.09 Å². The molecule has 0 radical (unpaired) electrons.